The summed E-state index contributed by atoms with van der Waals surface area (Å²) in [5.74, 6) is -0.278. The number of benzene rings is 2. The second kappa shape index (κ2) is 9.66. The molecule has 8 heteroatoms. The van der Waals surface area contributed by atoms with E-state index in [-0.39, 0.29) is 24.8 Å². The summed E-state index contributed by atoms with van der Waals surface area (Å²) in [5, 5.41) is 2.71. The van der Waals surface area contributed by atoms with Crippen molar-refractivity contribution < 1.29 is 22.3 Å². The summed E-state index contributed by atoms with van der Waals surface area (Å²) < 4.78 is 44.5. The number of para-hydroxylation sites is 1. The van der Waals surface area contributed by atoms with Crippen LogP contribution in [-0.4, -0.2) is 44.1 Å². The molecule has 0 bridgehead atoms. The molecule has 6 nitrogen and oxygen atoms in total. The lowest BCUT2D eigenvalue weighted by Crippen LogP contribution is -2.44. The van der Waals surface area contributed by atoms with Crippen LogP contribution in [0.2, 0.25) is 0 Å². The lowest BCUT2D eigenvalue weighted by atomic mass is 10.2. The molecule has 0 saturated heterocycles. The van der Waals surface area contributed by atoms with E-state index in [4.69, 9.17) is 4.74 Å². The van der Waals surface area contributed by atoms with Gasteiger partial charge in [-0.1, -0.05) is 36.4 Å². The first kappa shape index (κ1) is 21.8. The van der Waals surface area contributed by atoms with Crippen LogP contribution in [0.5, 0.6) is 5.75 Å². The SMILES string of the molecule is Cc1ccccc1OC[C@H](C)NC(=O)CN(Cc1ccccc1F)S(C)(=O)=O. The Balaban J connectivity index is 1.94. The third kappa shape index (κ3) is 6.61. The molecule has 152 valence electrons. The number of halogens is 1. The minimum Gasteiger partial charge on any atom is -0.491 e. The lowest BCUT2D eigenvalue weighted by molar-refractivity contribution is -0.122. The lowest BCUT2D eigenvalue weighted by Gasteiger charge is -2.22. The number of sulfonamides is 1. The highest BCUT2D eigenvalue weighted by molar-refractivity contribution is 7.88. The van der Waals surface area contributed by atoms with Crippen LogP contribution in [0.1, 0.15) is 18.1 Å². The highest BCUT2D eigenvalue weighted by atomic mass is 32.2. The number of hydrogen-bond acceptors (Lipinski definition) is 4. The van der Waals surface area contributed by atoms with Crippen molar-refractivity contribution >= 4 is 15.9 Å². The molecule has 0 aliphatic carbocycles. The van der Waals surface area contributed by atoms with E-state index in [0.29, 0.717) is 0 Å². The van der Waals surface area contributed by atoms with Gasteiger partial charge in [-0.25, -0.2) is 12.8 Å². The number of nitrogens with zero attached hydrogens (tertiary/aromatic N) is 1. The summed E-state index contributed by atoms with van der Waals surface area (Å²) >= 11 is 0. The summed E-state index contributed by atoms with van der Waals surface area (Å²) in [4.78, 5) is 12.3. The molecule has 0 aliphatic rings. The molecule has 0 spiro atoms. The van der Waals surface area contributed by atoms with Crippen molar-refractivity contribution in [2.45, 2.75) is 26.4 Å². The fourth-order valence-electron chi connectivity index (χ4n) is 2.56. The highest BCUT2D eigenvalue weighted by Crippen LogP contribution is 2.16. The summed E-state index contributed by atoms with van der Waals surface area (Å²) in [6.07, 6.45) is 0.992. The zero-order valence-corrected chi connectivity index (χ0v) is 17.0. The third-order valence-electron chi connectivity index (χ3n) is 4.08. The van der Waals surface area contributed by atoms with Crippen LogP contribution in [0.15, 0.2) is 48.5 Å². The minimum absolute atomic E-state index is 0.205. The van der Waals surface area contributed by atoms with Crippen LogP contribution < -0.4 is 10.1 Å². The first-order valence-electron chi connectivity index (χ1n) is 8.83. The molecule has 0 aliphatic heterocycles. The van der Waals surface area contributed by atoms with E-state index >= 15 is 0 Å². The Kier molecular flexibility index (Phi) is 7.53. The first-order chi connectivity index (χ1) is 13.2. The fourth-order valence-corrected chi connectivity index (χ4v) is 3.29. The van der Waals surface area contributed by atoms with Gasteiger partial charge in [0.2, 0.25) is 15.9 Å². The number of carbonyl (C=O) groups is 1. The molecule has 0 unspecified atom stereocenters. The molecule has 2 aromatic rings. The average molecular weight is 408 g/mol. The highest BCUT2D eigenvalue weighted by Gasteiger charge is 2.22. The Morgan fingerprint density at radius 2 is 1.82 bits per heavy atom. The largest absolute Gasteiger partial charge is 0.491 e. The van der Waals surface area contributed by atoms with Gasteiger partial charge >= 0.3 is 0 Å². The van der Waals surface area contributed by atoms with E-state index in [0.717, 1.165) is 21.9 Å². The molecule has 1 N–H and O–H groups in total. The van der Waals surface area contributed by atoms with Crippen molar-refractivity contribution in [1.82, 2.24) is 9.62 Å². The van der Waals surface area contributed by atoms with E-state index in [1.54, 1.807) is 13.0 Å². The molecule has 2 rings (SSSR count). The Morgan fingerprint density at radius 1 is 1.18 bits per heavy atom. The summed E-state index contributed by atoms with van der Waals surface area (Å²) in [5.41, 5.74) is 1.19. The maximum atomic E-state index is 13.8. The van der Waals surface area contributed by atoms with Crippen molar-refractivity contribution in [3.8, 4) is 5.75 Å². The van der Waals surface area contributed by atoms with Gasteiger partial charge in [0, 0.05) is 12.1 Å². The molecule has 0 heterocycles. The Morgan fingerprint density at radius 3 is 2.46 bits per heavy atom. The predicted octanol–water partition coefficient (Wildman–Crippen LogP) is 2.48. The second-order valence-electron chi connectivity index (χ2n) is 6.67. The topological polar surface area (TPSA) is 75.7 Å². The number of nitrogens with one attached hydrogen (secondary N) is 1. The molecular weight excluding hydrogens is 383 g/mol. The average Bonchev–Trinajstić information content (AvgIpc) is 2.61. The van der Waals surface area contributed by atoms with E-state index in [9.17, 15) is 17.6 Å². The van der Waals surface area contributed by atoms with Crippen LogP contribution in [0.4, 0.5) is 4.39 Å². The molecule has 0 fully saturated rings. The molecule has 0 aromatic heterocycles. The van der Waals surface area contributed by atoms with Crippen molar-refractivity contribution in [3.63, 3.8) is 0 Å². The fraction of sp³-hybridized carbons (Fsp3) is 0.350. The zero-order valence-electron chi connectivity index (χ0n) is 16.2. The van der Waals surface area contributed by atoms with Crippen LogP contribution in [0.25, 0.3) is 0 Å². The van der Waals surface area contributed by atoms with E-state index in [2.05, 4.69) is 5.32 Å². The molecule has 1 atom stereocenters. The predicted molar refractivity (Wildman–Crippen MR) is 106 cm³/mol. The number of aryl methyl sites for hydroxylation is 1. The third-order valence-corrected chi connectivity index (χ3v) is 5.28. The van der Waals surface area contributed by atoms with Crippen LogP contribution in [-0.2, 0) is 21.4 Å². The van der Waals surface area contributed by atoms with Crippen molar-refractivity contribution in [1.29, 1.82) is 0 Å². The van der Waals surface area contributed by atoms with Gasteiger partial charge in [-0.15, -0.1) is 0 Å². The van der Waals surface area contributed by atoms with Crippen molar-refractivity contribution in [2.75, 3.05) is 19.4 Å². The maximum Gasteiger partial charge on any atom is 0.235 e. The number of rotatable bonds is 9. The van der Waals surface area contributed by atoms with Crippen LogP contribution in [0.3, 0.4) is 0 Å². The Hall–Kier alpha value is -2.45. The standard InChI is InChI=1S/C20H25FN2O4S/c1-15-8-4-7-11-19(15)27-14-16(2)22-20(24)13-23(28(3,25)26)12-17-9-5-6-10-18(17)21/h4-11,16H,12-14H2,1-3H3,(H,22,24)/t16-/m0/s1. The zero-order chi connectivity index (χ0) is 20.7. The van der Waals surface area contributed by atoms with Gasteiger partial charge in [0.15, 0.2) is 0 Å². The Bertz CT molecular complexity index is 918. The van der Waals surface area contributed by atoms with Gasteiger partial charge in [-0.05, 0) is 31.5 Å². The van der Waals surface area contributed by atoms with E-state index < -0.39 is 28.3 Å². The molecule has 28 heavy (non-hydrogen) atoms. The normalized spacial score (nSPS) is 12.6. The quantitative estimate of drug-likeness (QED) is 0.692. The van der Waals surface area contributed by atoms with Gasteiger partial charge in [0.25, 0.3) is 0 Å². The minimum atomic E-state index is -3.70. The molecule has 1 amide bonds. The smallest absolute Gasteiger partial charge is 0.235 e. The maximum absolute atomic E-state index is 13.8. The molecular formula is C20H25FN2O4S. The molecule has 2 aromatic carbocycles. The number of hydrogen-bond donors (Lipinski definition) is 1. The first-order valence-corrected chi connectivity index (χ1v) is 10.7. The monoisotopic (exact) mass is 408 g/mol. The Labute approximate surface area is 165 Å². The number of ether oxygens (including phenoxy) is 1. The van der Waals surface area contributed by atoms with Gasteiger partial charge in [0.05, 0.1) is 18.8 Å². The summed E-state index contributed by atoms with van der Waals surface area (Å²) in [6.45, 7) is 3.31. The molecule has 0 saturated carbocycles. The van der Waals surface area contributed by atoms with Gasteiger partial charge in [-0.3, -0.25) is 4.79 Å². The van der Waals surface area contributed by atoms with Crippen LogP contribution >= 0.6 is 0 Å². The van der Waals surface area contributed by atoms with Crippen molar-refractivity contribution in [3.05, 3.63) is 65.5 Å². The summed E-state index contributed by atoms with van der Waals surface area (Å²) in [6, 6.07) is 13.1. The van der Waals surface area contributed by atoms with Crippen LogP contribution in [0, 0.1) is 12.7 Å². The van der Waals surface area contributed by atoms with Gasteiger partial charge in [-0.2, -0.15) is 4.31 Å². The summed E-state index contributed by atoms with van der Waals surface area (Å²) in [7, 11) is -3.70. The van der Waals surface area contributed by atoms with E-state index in [1.165, 1.54) is 18.2 Å². The molecule has 0 radical (unpaired) electrons. The van der Waals surface area contributed by atoms with E-state index in [1.807, 2.05) is 31.2 Å². The second-order valence-corrected chi connectivity index (χ2v) is 8.65. The van der Waals surface area contributed by atoms with Gasteiger partial charge < -0.3 is 10.1 Å². The number of carbonyl (C=O) groups excluding carboxylic acids is 1. The number of amides is 1. The van der Waals surface area contributed by atoms with Crippen molar-refractivity contribution in [2.24, 2.45) is 0 Å². The van der Waals surface area contributed by atoms with Gasteiger partial charge in [0.1, 0.15) is 18.2 Å².